The molecule has 0 amide bonds. The standard InChI is InChI=1S/C20H18N4O/c21-12-16-15(17(22)10-13-6-2-1-3-7-13)11-18(24-20(16)23)14-8-4-5-9-19(14)25/h1-9,11,17,25H,10,22H2,(H2,23,24)/t17-/m1/s1. The van der Waals surface area contributed by atoms with Crippen LogP contribution < -0.4 is 11.5 Å². The van der Waals surface area contributed by atoms with E-state index >= 15 is 0 Å². The van der Waals surface area contributed by atoms with Gasteiger partial charge in [0.25, 0.3) is 0 Å². The molecule has 0 fully saturated rings. The predicted molar refractivity (Wildman–Crippen MR) is 97.5 cm³/mol. The highest BCUT2D eigenvalue weighted by Crippen LogP contribution is 2.32. The number of hydrogen-bond acceptors (Lipinski definition) is 5. The molecule has 0 bridgehead atoms. The number of phenolic OH excluding ortho intramolecular Hbond substituents is 1. The first-order chi connectivity index (χ1) is 12.1. The third-order valence-corrected chi connectivity index (χ3v) is 4.07. The van der Waals surface area contributed by atoms with Crippen molar-refractivity contribution in [1.82, 2.24) is 4.98 Å². The smallest absolute Gasteiger partial charge is 0.142 e. The molecule has 0 spiro atoms. The van der Waals surface area contributed by atoms with Gasteiger partial charge >= 0.3 is 0 Å². The Morgan fingerprint density at radius 1 is 1.08 bits per heavy atom. The fourth-order valence-electron chi connectivity index (χ4n) is 2.81. The van der Waals surface area contributed by atoms with E-state index in [4.69, 9.17) is 11.5 Å². The van der Waals surface area contributed by atoms with E-state index in [2.05, 4.69) is 11.1 Å². The van der Waals surface area contributed by atoms with Crippen molar-refractivity contribution in [3.63, 3.8) is 0 Å². The van der Waals surface area contributed by atoms with Crippen LogP contribution in [-0.4, -0.2) is 10.1 Å². The minimum Gasteiger partial charge on any atom is -0.507 e. The van der Waals surface area contributed by atoms with Crippen molar-refractivity contribution in [2.45, 2.75) is 12.5 Å². The maximum atomic E-state index is 10.1. The number of rotatable bonds is 4. The lowest BCUT2D eigenvalue weighted by Gasteiger charge is -2.16. The molecule has 0 aliphatic heterocycles. The van der Waals surface area contributed by atoms with Gasteiger partial charge in [0.1, 0.15) is 17.6 Å². The number of para-hydroxylation sites is 1. The van der Waals surface area contributed by atoms with Crippen molar-refractivity contribution in [3.8, 4) is 23.1 Å². The summed E-state index contributed by atoms with van der Waals surface area (Å²) >= 11 is 0. The fraction of sp³-hybridized carbons (Fsp3) is 0.100. The van der Waals surface area contributed by atoms with Crippen molar-refractivity contribution in [1.29, 1.82) is 5.26 Å². The second-order valence-corrected chi connectivity index (χ2v) is 5.78. The molecule has 2 aromatic carbocycles. The second-order valence-electron chi connectivity index (χ2n) is 5.78. The average Bonchev–Trinajstić information content (AvgIpc) is 2.62. The lowest BCUT2D eigenvalue weighted by Crippen LogP contribution is -2.16. The van der Waals surface area contributed by atoms with Crippen LogP contribution in [0.1, 0.15) is 22.7 Å². The number of nitriles is 1. The zero-order chi connectivity index (χ0) is 17.8. The van der Waals surface area contributed by atoms with E-state index < -0.39 is 6.04 Å². The molecule has 1 aromatic heterocycles. The first-order valence-electron chi connectivity index (χ1n) is 7.88. The SMILES string of the molecule is N#Cc1c([C@H](N)Cc2ccccc2)cc(-c2ccccc2O)nc1N. The van der Waals surface area contributed by atoms with Gasteiger partial charge in [-0.25, -0.2) is 4.98 Å². The molecule has 5 N–H and O–H groups in total. The van der Waals surface area contributed by atoms with Crippen molar-refractivity contribution in [2.75, 3.05) is 5.73 Å². The molecule has 3 aromatic rings. The average molecular weight is 330 g/mol. The largest absolute Gasteiger partial charge is 0.507 e. The highest BCUT2D eigenvalue weighted by Gasteiger charge is 2.18. The molecular weight excluding hydrogens is 312 g/mol. The molecule has 0 radical (unpaired) electrons. The first-order valence-corrected chi connectivity index (χ1v) is 7.88. The zero-order valence-corrected chi connectivity index (χ0v) is 13.6. The van der Waals surface area contributed by atoms with Crippen molar-refractivity contribution in [2.24, 2.45) is 5.73 Å². The van der Waals surface area contributed by atoms with Gasteiger partial charge in [-0.05, 0) is 35.7 Å². The minimum atomic E-state index is -0.410. The molecule has 0 aliphatic carbocycles. The third-order valence-electron chi connectivity index (χ3n) is 4.07. The van der Waals surface area contributed by atoms with Crippen molar-refractivity contribution in [3.05, 3.63) is 77.4 Å². The van der Waals surface area contributed by atoms with Gasteiger partial charge in [-0.15, -0.1) is 0 Å². The lowest BCUT2D eigenvalue weighted by atomic mass is 9.94. The van der Waals surface area contributed by atoms with Crippen LogP contribution >= 0.6 is 0 Å². The third kappa shape index (κ3) is 3.44. The summed E-state index contributed by atoms with van der Waals surface area (Å²) in [7, 11) is 0. The number of aromatic nitrogens is 1. The molecule has 124 valence electrons. The number of pyridine rings is 1. The molecule has 0 saturated heterocycles. The van der Waals surface area contributed by atoms with E-state index in [1.165, 1.54) is 0 Å². The summed E-state index contributed by atoms with van der Waals surface area (Å²) < 4.78 is 0. The van der Waals surface area contributed by atoms with Gasteiger partial charge < -0.3 is 16.6 Å². The van der Waals surface area contributed by atoms with Crippen LogP contribution in [-0.2, 0) is 6.42 Å². The number of benzene rings is 2. The summed E-state index contributed by atoms with van der Waals surface area (Å²) in [6.45, 7) is 0. The molecule has 0 saturated carbocycles. The zero-order valence-electron chi connectivity index (χ0n) is 13.6. The van der Waals surface area contributed by atoms with Gasteiger partial charge in [-0.2, -0.15) is 5.26 Å². The summed E-state index contributed by atoms with van der Waals surface area (Å²) in [5, 5.41) is 19.5. The summed E-state index contributed by atoms with van der Waals surface area (Å²) in [6.07, 6.45) is 0.569. The Hall–Kier alpha value is -3.36. The van der Waals surface area contributed by atoms with Crippen LogP contribution in [0.4, 0.5) is 5.82 Å². The van der Waals surface area contributed by atoms with Gasteiger partial charge in [0, 0.05) is 11.6 Å². The molecule has 25 heavy (non-hydrogen) atoms. The van der Waals surface area contributed by atoms with E-state index in [0.29, 0.717) is 23.2 Å². The van der Waals surface area contributed by atoms with Gasteiger partial charge in [0.15, 0.2) is 0 Å². The number of aromatic hydroxyl groups is 1. The summed E-state index contributed by atoms with van der Waals surface area (Å²) in [6, 6.07) is 20.1. The molecule has 1 heterocycles. The van der Waals surface area contributed by atoms with E-state index in [1.807, 2.05) is 30.3 Å². The summed E-state index contributed by atoms with van der Waals surface area (Å²) in [5.74, 6) is 0.212. The Kier molecular flexibility index (Phi) is 4.64. The van der Waals surface area contributed by atoms with E-state index in [-0.39, 0.29) is 17.1 Å². The van der Waals surface area contributed by atoms with Gasteiger partial charge in [-0.3, -0.25) is 0 Å². The number of nitrogens with zero attached hydrogens (tertiary/aromatic N) is 2. The first kappa shape index (κ1) is 16.5. The normalized spacial score (nSPS) is 11.7. The molecule has 0 unspecified atom stereocenters. The number of nitrogens with two attached hydrogens (primary N) is 2. The second kappa shape index (κ2) is 7.04. The van der Waals surface area contributed by atoms with E-state index in [0.717, 1.165) is 5.56 Å². The monoisotopic (exact) mass is 330 g/mol. The van der Waals surface area contributed by atoms with Crippen LogP contribution in [0.3, 0.4) is 0 Å². The molecule has 1 atom stereocenters. The lowest BCUT2D eigenvalue weighted by molar-refractivity contribution is 0.477. The van der Waals surface area contributed by atoms with Crippen LogP contribution in [0.5, 0.6) is 5.75 Å². The number of nitrogen functional groups attached to an aromatic ring is 1. The van der Waals surface area contributed by atoms with Crippen LogP contribution in [0.15, 0.2) is 60.7 Å². The Balaban J connectivity index is 2.06. The van der Waals surface area contributed by atoms with Crippen molar-refractivity contribution < 1.29 is 5.11 Å². The van der Waals surface area contributed by atoms with Crippen molar-refractivity contribution >= 4 is 5.82 Å². The number of anilines is 1. The molecule has 5 heteroatoms. The van der Waals surface area contributed by atoms with Crippen LogP contribution in [0, 0.1) is 11.3 Å². The number of phenols is 1. The highest BCUT2D eigenvalue weighted by molar-refractivity contribution is 5.71. The predicted octanol–water partition coefficient (Wildman–Crippen LogP) is 3.15. The Morgan fingerprint density at radius 3 is 2.44 bits per heavy atom. The van der Waals surface area contributed by atoms with Crippen LogP contribution in [0.2, 0.25) is 0 Å². The molecule has 5 nitrogen and oxygen atoms in total. The maximum absolute atomic E-state index is 10.1. The topological polar surface area (TPSA) is 109 Å². The van der Waals surface area contributed by atoms with Gasteiger partial charge in [0.2, 0.25) is 0 Å². The fourth-order valence-corrected chi connectivity index (χ4v) is 2.81. The van der Waals surface area contributed by atoms with Crippen LogP contribution in [0.25, 0.3) is 11.3 Å². The Bertz CT molecular complexity index is 932. The number of hydrogen-bond donors (Lipinski definition) is 3. The molecule has 0 aliphatic rings. The van der Waals surface area contributed by atoms with Gasteiger partial charge in [0.05, 0.1) is 11.3 Å². The Morgan fingerprint density at radius 2 is 1.76 bits per heavy atom. The van der Waals surface area contributed by atoms with Gasteiger partial charge in [-0.1, -0.05) is 42.5 Å². The summed E-state index contributed by atoms with van der Waals surface area (Å²) in [5.41, 5.74) is 15.4. The quantitative estimate of drug-likeness (QED) is 0.681. The molecule has 3 rings (SSSR count). The van der Waals surface area contributed by atoms with E-state index in [9.17, 15) is 10.4 Å². The molecular formula is C20H18N4O. The van der Waals surface area contributed by atoms with E-state index in [1.54, 1.807) is 30.3 Å². The highest BCUT2D eigenvalue weighted by atomic mass is 16.3. The maximum Gasteiger partial charge on any atom is 0.142 e. The minimum absolute atomic E-state index is 0.0988. The summed E-state index contributed by atoms with van der Waals surface area (Å²) in [4.78, 5) is 4.26. The Labute approximate surface area is 146 Å².